The van der Waals surface area contributed by atoms with Gasteiger partial charge in [-0.1, -0.05) is 78.9 Å². The van der Waals surface area contributed by atoms with E-state index in [-0.39, 0.29) is 0 Å². The van der Waals surface area contributed by atoms with Crippen LogP contribution in [-0.4, -0.2) is 13.1 Å². The van der Waals surface area contributed by atoms with Gasteiger partial charge in [0.15, 0.2) is 0 Å². The van der Waals surface area contributed by atoms with Gasteiger partial charge in [0.2, 0.25) is 0 Å². The highest BCUT2D eigenvalue weighted by atomic mass is 28.3. The fourth-order valence-electron chi connectivity index (χ4n) is 3.84. The van der Waals surface area contributed by atoms with Crippen molar-refractivity contribution in [1.29, 1.82) is 0 Å². The summed E-state index contributed by atoms with van der Waals surface area (Å²) in [5, 5.41) is 5.07. The smallest absolute Gasteiger partial charge is 0.136 e. The van der Waals surface area contributed by atoms with E-state index in [0.717, 1.165) is 33.2 Å². The second kappa shape index (κ2) is 6.46. The third-order valence-electron chi connectivity index (χ3n) is 5.66. The summed E-state index contributed by atoms with van der Waals surface area (Å²) < 4.78 is 6.03. The Hall–Kier alpha value is -3.17. The number of hydrogen-bond acceptors (Lipinski definition) is 2. The van der Waals surface area contributed by atoms with Crippen molar-refractivity contribution in [2.75, 3.05) is 0 Å². The Labute approximate surface area is 165 Å². The predicted octanol–water partition coefficient (Wildman–Crippen LogP) is 5.47. The predicted molar refractivity (Wildman–Crippen MR) is 120 cm³/mol. The van der Waals surface area contributed by atoms with Crippen molar-refractivity contribution in [3.8, 4) is 11.3 Å². The van der Waals surface area contributed by atoms with Crippen LogP contribution in [0.3, 0.4) is 0 Å². The van der Waals surface area contributed by atoms with Gasteiger partial charge in [0.25, 0.3) is 0 Å². The number of hydrogen-bond donors (Lipinski definition) is 0. The van der Waals surface area contributed by atoms with Crippen LogP contribution in [0.5, 0.6) is 0 Å². The number of furan rings is 1. The van der Waals surface area contributed by atoms with E-state index in [4.69, 9.17) is 9.40 Å². The molecule has 5 aromatic rings. The molecule has 3 aromatic carbocycles. The first-order valence-electron chi connectivity index (χ1n) is 9.57. The van der Waals surface area contributed by atoms with Crippen LogP contribution in [0, 0.1) is 0 Å². The van der Waals surface area contributed by atoms with Crippen LogP contribution in [-0.2, 0) is 0 Å². The van der Waals surface area contributed by atoms with E-state index in [2.05, 4.69) is 86.0 Å². The van der Waals surface area contributed by atoms with Crippen LogP contribution in [0.15, 0.2) is 95.5 Å². The van der Waals surface area contributed by atoms with E-state index in [0.29, 0.717) is 0 Å². The molecule has 0 amide bonds. The van der Waals surface area contributed by atoms with Gasteiger partial charge in [0.05, 0.1) is 5.69 Å². The summed E-state index contributed by atoms with van der Waals surface area (Å²) in [6.45, 7) is 4.75. The van der Waals surface area contributed by atoms with E-state index in [1.165, 1.54) is 10.4 Å². The number of nitrogens with zero attached hydrogens (tertiary/aromatic N) is 1. The lowest BCUT2D eigenvalue weighted by molar-refractivity contribution is 0.669. The van der Waals surface area contributed by atoms with Crippen molar-refractivity contribution in [2.45, 2.75) is 13.1 Å². The third kappa shape index (κ3) is 2.76. The second-order valence-electron chi connectivity index (χ2n) is 7.73. The first kappa shape index (κ1) is 17.0. The summed E-state index contributed by atoms with van der Waals surface area (Å²) in [7, 11) is -1.73. The van der Waals surface area contributed by atoms with Gasteiger partial charge in [-0.25, -0.2) is 0 Å². The maximum absolute atomic E-state index is 6.03. The molecule has 0 saturated carbocycles. The van der Waals surface area contributed by atoms with Gasteiger partial charge >= 0.3 is 0 Å². The van der Waals surface area contributed by atoms with E-state index in [1.54, 1.807) is 0 Å². The van der Waals surface area contributed by atoms with Crippen molar-refractivity contribution in [3.63, 3.8) is 0 Å². The lowest BCUT2D eigenvalue weighted by Crippen LogP contribution is -2.52. The van der Waals surface area contributed by atoms with E-state index in [9.17, 15) is 0 Å². The average molecular weight is 380 g/mol. The van der Waals surface area contributed by atoms with Crippen LogP contribution >= 0.6 is 0 Å². The van der Waals surface area contributed by atoms with Crippen molar-refractivity contribution < 1.29 is 4.42 Å². The van der Waals surface area contributed by atoms with Crippen LogP contribution < -0.4 is 10.4 Å². The summed E-state index contributed by atoms with van der Waals surface area (Å²) in [5.41, 5.74) is 3.89. The molecule has 0 saturated heterocycles. The molecule has 28 heavy (non-hydrogen) atoms. The molecule has 2 heterocycles. The molecule has 0 spiro atoms. The Morgan fingerprint density at radius 1 is 0.679 bits per heavy atom. The second-order valence-corrected chi connectivity index (χ2v) is 12.1. The fraction of sp³-hybridized carbons (Fsp3) is 0.0800. The maximum Gasteiger partial charge on any atom is 0.136 e. The summed E-state index contributed by atoms with van der Waals surface area (Å²) in [6, 6.07) is 29.7. The molecule has 0 aliphatic rings. The minimum atomic E-state index is -1.73. The zero-order valence-corrected chi connectivity index (χ0v) is 17.0. The molecule has 0 atom stereocenters. The summed E-state index contributed by atoms with van der Waals surface area (Å²) in [6.07, 6.45) is 2.05. The van der Waals surface area contributed by atoms with Gasteiger partial charge in [-0.2, -0.15) is 0 Å². The van der Waals surface area contributed by atoms with Crippen molar-refractivity contribution in [2.24, 2.45) is 0 Å². The normalized spacial score (nSPS) is 11.9. The number of benzene rings is 3. The zero-order chi connectivity index (χ0) is 19.1. The molecule has 0 unspecified atom stereocenters. The van der Waals surface area contributed by atoms with Gasteiger partial charge in [-0.3, -0.25) is 4.98 Å². The number of para-hydroxylation sites is 1. The van der Waals surface area contributed by atoms with Gasteiger partial charge in [0, 0.05) is 22.5 Å². The molecule has 0 bridgehead atoms. The van der Waals surface area contributed by atoms with Crippen LogP contribution in [0.2, 0.25) is 13.1 Å². The number of aromatic nitrogens is 1. The molecule has 2 aromatic heterocycles. The van der Waals surface area contributed by atoms with Crippen LogP contribution in [0.1, 0.15) is 0 Å². The van der Waals surface area contributed by atoms with E-state index < -0.39 is 8.07 Å². The Morgan fingerprint density at radius 3 is 2.21 bits per heavy atom. The molecule has 0 radical (unpaired) electrons. The topological polar surface area (TPSA) is 26.0 Å². The molecule has 0 aliphatic carbocycles. The summed E-state index contributed by atoms with van der Waals surface area (Å²) >= 11 is 0. The standard InChI is InChI=1S/C25H21NOSi/c1-28(2,19-8-4-3-5-9-19)20-13-15-23(26-17-20)18-12-14-22-21-10-6-7-11-24(21)27-25(22)16-18/h3-17H,1-2H3. The average Bonchev–Trinajstić information content (AvgIpc) is 3.12. The molecule has 136 valence electrons. The Kier molecular flexibility index (Phi) is 3.92. The Balaban J connectivity index is 1.53. The Bertz CT molecular complexity index is 1270. The molecule has 0 aliphatic heterocycles. The van der Waals surface area contributed by atoms with Gasteiger partial charge in [-0.15, -0.1) is 0 Å². The van der Waals surface area contributed by atoms with E-state index >= 15 is 0 Å². The molecule has 2 nitrogen and oxygen atoms in total. The first-order valence-corrected chi connectivity index (χ1v) is 12.6. The molecular formula is C25H21NOSi. The minimum Gasteiger partial charge on any atom is -0.456 e. The van der Waals surface area contributed by atoms with E-state index in [1.807, 2.05) is 18.2 Å². The minimum absolute atomic E-state index is 0.906. The quantitative estimate of drug-likeness (QED) is 0.389. The van der Waals surface area contributed by atoms with Gasteiger partial charge < -0.3 is 4.42 Å². The summed E-state index contributed by atoms with van der Waals surface area (Å²) in [5.74, 6) is 0. The highest BCUT2D eigenvalue weighted by molar-refractivity contribution is 7.00. The van der Waals surface area contributed by atoms with Crippen LogP contribution in [0.25, 0.3) is 33.2 Å². The van der Waals surface area contributed by atoms with Crippen molar-refractivity contribution in [1.82, 2.24) is 4.98 Å². The molecule has 0 N–H and O–H groups in total. The van der Waals surface area contributed by atoms with Gasteiger partial charge in [0.1, 0.15) is 19.2 Å². The zero-order valence-electron chi connectivity index (χ0n) is 16.0. The van der Waals surface area contributed by atoms with Gasteiger partial charge in [-0.05, 0) is 29.5 Å². The van der Waals surface area contributed by atoms with Crippen molar-refractivity contribution >= 4 is 40.4 Å². The third-order valence-corrected chi connectivity index (χ3v) is 9.17. The first-order chi connectivity index (χ1) is 13.6. The maximum atomic E-state index is 6.03. The fourth-order valence-corrected chi connectivity index (χ4v) is 6.09. The highest BCUT2D eigenvalue weighted by Crippen LogP contribution is 2.31. The van der Waals surface area contributed by atoms with Crippen molar-refractivity contribution in [3.05, 3.63) is 91.1 Å². The highest BCUT2D eigenvalue weighted by Gasteiger charge is 2.26. The number of fused-ring (bicyclic) bond motifs is 3. The molecule has 0 fully saturated rings. The lowest BCUT2D eigenvalue weighted by atomic mass is 10.1. The molecule has 5 rings (SSSR count). The lowest BCUT2D eigenvalue weighted by Gasteiger charge is -2.23. The number of rotatable bonds is 3. The summed E-state index contributed by atoms with van der Waals surface area (Å²) in [4.78, 5) is 4.79. The molecular weight excluding hydrogens is 358 g/mol. The number of pyridine rings is 1. The SMILES string of the molecule is C[Si](C)(c1ccccc1)c1ccc(-c2ccc3c(c2)oc2ccccc23)nc1. The monoisotopic (exact) mass is 379 g/mol. The molecule has 3 heteroatoms. The largest absolute Gasteiger partial charge is 0.456 e. The Morgan fingerprint density at radius 2 is 1.43 bits per heavy atom. The van der Waals surface area contributed by atoms with Crippen LogP contribution in [0.4, 0.5) is 0 Å².